The monoisotopic (exact) mass is 318 g/mol. The lowest BCUT2D eigenvalue weighted by atomic mass is 10.0. The Morgan fingerprint density at radius 1 is 0.750 bits per heavy atom. The van der Waals surface area contributed by atoms with Crippen molar-refractivity contribution in [2.75, 3.05) is 0 Å². The first-order valence-corrected chi connectivity index (χ1v) is 8.45. The molecule has 0 spiro atoms. The van der Waals surface area contributed by atoms with Crippen LogP contribution in [-0.2, 0) is 6.54 Å². The van der Waals surface area contributed by atoms with Gasteiger partial charge in [-0.15, -0.1) is 0 Å². The highest BCUT2D eigenvalue weighted by Crippen LogP contribution is 2.19. The maximum absolute atomic E-state index is 10.4. The number of aliphatic hydroxyl groups is 1. The first-order chi connectivity index (χ1) is 11.7. The molecule has 24 heavy (non-hydrogen) atoms. The van der Waals surface area contributed by atoms with Crippen molar-refractivity contribution in [2.24, 2.45) is 0 Å². The van der Waals surface area contributed by atoms with Crippen LogP contribution in [-0.4, -0.2) is 11.1 Å². The van der Waals surface area contributed by atoms with E-state index >= 15 is 0 Å². The molecule has 0 saturated carbocycles. The van der Waals surface area contributed by atoms with Crippen LogP contribution in [0.5, 0.6) is 0 Å². The fraction of sp³-hybridized carbons (Fsp3) is 0.182. The topological polar surface area (TPSA) is 36.8 Å². The van der Waals surface area contributed by atoms with Crippen molar-refractivity contribution in [3.63, 3.8) is 0 Å². The first-order valence-electron chi connectivity index (χ1n) is 8.45. The van der Waals surface area contributed by atoms with Gasteiger partial charge in [-0.3, -0.25) is 0 Å². The van der Waals surface area contributed by atoms with Gasteiger partial charge in [0.2, 0.25) is 0 Å². The molecule has 2 nitrogen and oxygen atoms in total. The average molecular weight is 318 g/mol. The van der Waals surface area contributed by atoms with E-state index in [9.17, 15) is 5.11 Å². The number of rotatable bonds is 6. The van der Waals surface area contributed by atoms with E-state index in [1.54, 1.807) is 0 Å². The van der Waals surface area contributed by atoms with E-state index in [2.05, 4.69) is 60.8 Å². The minimum absolute atomic E-state index is 0.112. The minimum atomic E-state index is -0.449. The Morgan fingerprint density at radius 3 is 1.92 bits per heavy atom. The number of aliphatic hydroxyl groups excluding tert-OH is 1. The lowest BCUT2D eigenvalue weighted by Gasteiger charge is -2.18. The second-order valence-corrected chi connectivity index (χ2v) is 6.22. The second-order valence-electron chi connectivity index (χ2n) is 6.22. The van der Waals surface area contributed by atoms with Crippen molar-refractivity contribution in [2.45, 2.75) is 25.6 Å². The third-order valence-electron chi connectivity index (χ3n) is 4.43. The molecule has 0 saturated heterocycles. The average Bonchev–Trinajstić information content (AvgIpc) is 2.67. The van der Waals surface area contributed by atoms with Gasteiger partial charge in [-0.05, 0) is 23.6 Å². The Labute approximate surface area is 143 Å². The third kappa shape index (κ3) is 4.10. The van der Waals surface area contributed by atoms with Gasteiger partial charge in [-0.1, -0.05) is 84.9 Å². The van der Waals surface area contributed by atoms with Gasteiger partial charge in [0, 0.05) is 5.56 Å². The molecule has 3 aromatic rings. The van der Waals surface area contributed by atoms with E-state index in [0.29, 0.717) is 0 Å². The fourth-order valence-electron chi connectivity index (χ4n) is 2.87. The Hall–Kier alpha value is -2.42. The SMILES string of the molecule is C[C@@H]([NH2+]Cc1ccc(-c2ccccc2)cc1)[C@@H](O)c1ccccc1. The number of hydrogen-bond donors (Lipinski definition) is 2. The minimum Gasteiger partial charge on any atom is -0.382 e. The molecule has 0 amide bonds. The molecule has 3 N–H and O–H groups in total. The van der Waals surface area contributed by atoms with Gasteiger partial charge in [-0.2, -0.15) is 0 Å². The van der Waals surface area contributed by atoms with Crippen LogP contribution in [0.4, 0.5) is 0 Å². The van der Waals surface area contributed by atoms with Crippen LogP contribution in [0.2, 0.25) is 0 Å². The molecule has 0 fully saturated rings. The predicted molar refractivity (Wildman–Crippen MR) is 98.4 cm³/mol. The molecule has 0 bridgehead atoms. The van der Waals surface area contributed by atoms with Gasteiger partial charge in [-0.25, -0.2) is 0 Å². The summed E-state index contributed by atoms with van der Waals surface area (Å²) in [5.74, 6) is 0. The van der Waals surface area contributed by atoms with Gasteiger partial charge in [0.15, 0.2) is 0 Å². The maximum atomic E-state index is 10.4. The molecule has 0 unspecified atom stereocenters. The van der Waals surface area contributed by atoms with E-state index in [-0.39, 0.29) is 6.04 Å². The largest absolute Gasteiger partial charge is 0.382 e. The Kier molecular flexibility index (Phi) is 5.42. The quantitative estimate of drug-likeness (QED) is 0.716. The number of benzene rings is 3. The zero-order chi connectivity index (χ0) is 16.8. The smallest absolute Gasteiger partial charge is 0.130 e. The van der Waals surface area contributed by atoms with E-state index in [1.165, 1.54) is 16.7 Å². The van der Waals surface area contributed by atoms with E-state index in [0.717, 1.165) is 12.1 Å². The zero-order valence-corrected chi connectivity index (χ0v) is 14.0. The van der Waals surface area contributed by atoms with Crippen LogP contribution in [0.3, 0.4) is 0 Å². The Balaban J connectivity index is 1.59. The van der Waals surface area contributed by atoms with Crippen LogP contribution in [0.25, 0.3) is 11.1 Å². The van der Waals surface area contributed by atoms with Gasteiger partial charge in [0.05, 0.1) is 0 Å². The first kappa shape index (κ1) is 16.4. The van der Waals surface area contributed by atoms with Gasteiger partial charge < -0.3 is 10.4 Å². The summed E-state index contributed by atoms with van der Waals surface area (Å²) in [5.41, 5.74) is 4.71. The van der Waals surface area contributed by atoms with Crippen LogP contribution >= 0.6 is 0 Å². The molecule has 122 valence electrons. The van der Waals surface area contributed by atoms with Crippen molar-refractivity contribution in [3.05, 3.63) is 96.1 Å². The van der Waals surface area contributed by atoms with Crippen molar-refractivity contribution >= 4 is 0 Å². The van der Waals surface area contributed by atoms with Crippen LogP contribution < -0.4 is 5.32 Å². The molecule has 0 aliphatic carbocycles. The van der Waals surface area contributed by atoms with E-state index in [1.807, 2.05) is 36.4 Å². The van der Waals surface area contributed by atoms with Crippen LogP contribution in [0.15, 0.2) is 84.9 Å². The van der Waals surface area contributed by atoms with E-state index < -0.39 is 6.10 Å². The zero-order valence-electron chi connectivity index (χ0n) is 14.0. The molecule has 0 aromatic heterocycles. The summed E-state index contributed by atoms with van der Waals surface area (Å²) in [6.45, 7) is 2.93. The molecule has 0 radical (unpaired) electrons. The van der Waals surface area contributed by atoms with Crippen molar-refractivity contribution in [3.8, 4) is 11.1 Å². The molecule has 3 rings (SSSR count). The molecule has 2 atom stereocenters. The summed E-state index contributed by atoms with van der Waals surface area (Å²) in [5, 5.41) is 12.6. The molecule has 0 aliphatic heterocycles. The fourth-order valence-corrected chi connectivity index (χ4v) is 2.87. The summed E-state index contributed by atoms with van der Waals surface area (Å²) in [4.78, 5) is 0. The van der Waals surface area contributed by atoms with Gasteiger partial charge in [0.25, 0.3) is 0 Å². The number of nitrogens with two attached hydrogens (primary N) is 1. The number of quaternary nitrogens is 1. The van der Waals surface area contributed by atoms with Gasteiger partial charge >= 0.3 is 0 Å². The molecular formula is C22H24NO+. The maximum Gasteiger partial charge on any atom is 0.130 e. The van der Waals surface area contributed by atoms with Gasteiger partial charge in [0.1, 0.15) is 18.7 Å². The summed E-state index contributed by atoms with van der Waals surface area (Å²) >= 11 is 0. The van der Waals surface area contributed by atoms with Crippen molar-refractivity contribution in [1.82, 2.24) is 0 Å². The number of hydrogen-bond acceptors (Lipinski definition) is 1. The summed E-state index contributed by atoms with van der Waals surface area (Å²) in [6.07, 6.45) is -0.449. The highest BCUT2D eigenvalue weighted by molar-refractivity contribution is 5.63. The third-order valence-corrected chi connectivity index (χ3v) is 4.43. The Bertz CT molecular complexity index is 738. The van der Waals surface area contributed by atoms with E-state index in [4.69, 9.17) is 0 Å². The highest BCUT2D eigenvalue weighted by atomic mass is 16.3. The summed E-state index contributed by atoms with van der Waals surface area (Å²) in [7, 11) is 0. The molecular weight excluding hydrogens is 294 g/mol. The normalized spacial score (nSPS) is 13.4. The summed E-state index contributed by atoms with van der Waals surface area (Å²) in [6, 6.07) is 29.0. The molecule has 3 aromatic carbocycles. The van der Waals surface area contributed by atoms with Crippen LogP contribution in [0, 0.1) is 0 Å². The highest BCUT2D eigenvalue weighted by Gasteiger charge is 2.18. The summed E-state index contributed by atoms with van der Waals surface area (Å²) < 4.78 is 0. The van der Waals surface area contributed by atoms with Crippen molar-refractivity contribution < 1.29 is 10.4 Å². The second kappa shape index (κ2) is 7.91. The molecule has 0 heterocycles. The standard InChI is InChI=1S/C22H23NO/c1-17(22(24)21-10-6-3-7-11-21)23-16-18-12-14-20(15-13-18)19-8-4-2-5-9-19/h2-15,17,22-24H,16H2,1H3/p+1/t17-,22-/m1/s1. The predicted octanol–water partition coefficient (Wildman–Crippen LogP) is 3.54. The Morgan fingerprint density at radius 2 is 1.29 bits per heavy atom. The van der Waals surface area contributed by atoms with Crippen molar-refractivity contribution in [1.29, 1.82) is 0 Å². The molecule has 0 aliphatic rings. The lowest BCUT2D eigenvalue weighted by molar-refractivity contribution is -0.709. The molecule has 2 heteroatoms. The van der Waals surface area contributed by atoms with Crippen LogP contribution in [0.1, 0.15) is 24.2 Å². The lowest BCUT2D eigenvalue weighted by Crippen LogP contribution is -2.88.